The number of hydrogen-bond donors (Lipinski definition) is 1. The van der Waals surface area contributed by atoms with Gasteiger partial charge in [0.1, 0.15) is 0 Å². The van der Waals surface area contributed by atoms with Crippen LogP contribution in [0.3, 0.4) is 0 Å². The van der Waals surface area contributed by atoms with Gasteiger partial charge in [-0.05, 0) is 36.8 Å². The molecule has 1 aliphatic rings. The highest BCUT2D eigenvalue weighted by molar-refractivity contribution is 5.92. The second kappa shape index (κ2) is 5.13. The van der Waals surface area contributed by atoms with Crippen molar-refractivity contribution in [3.63, 3.8) is 0 Å². The fourth-order valence-corrected chi connectivity index (χ4v) is 2.85. The molecule has 20 heavy (non-hydrogen) atoms. The van der Waals surface area contributed by atoms with Crippen molar-refractivity contribution in [2.24, 2.45) is 5.73 Å². The van der Waals surface area contributed by atoms with Crippen molar-refractivity contribution < 1.29 is 4.79 Å². The number of primary amides is 1. The monoisotopic (exact) mass is 269 g/mol. The van der Waals surface area contributed by atoms with Crippen molar-refractivity contribution in [1.82, 2.24) is 9.47 Å². The Bertz CT molecular complexity index is 615. The predicted octanol–water partition coefficient (Wildman–Crippen LogP) is 2.16. The van der Waals surface area contributed by atoms with Gasteiger partial charge in [0.25, 0.3) is 0 Å². The van der Waals surface area contributed by atoms with Crippen LogP contribution < -0.4 is 5.73 Å². The summed E-state index contributed by atoms with van der Waals surface area (Å²) in [5.41, 5.74) is 8.40. The van der Waals surface area contributed by atoms with Gasteiger partial charge in [-0.3, -0.25) is 9.69 Å². The van der Waals surface area contributed by atoms with Crippen LogP contribution in [-0.2, 0) is 13.1 Å². The van der Waals surface area contributed by atoms with Crippen molar-refractivity contribution in [2.45, 2.75) is 26.1 Å². The zero-order valence-corrected chi connectivity index (χ0v) is 11.6. The average molecular weight is 269 g/mol. The summed E-state index contributed by atoms with van der Waals surface area (Å²) in [6, 6.07) is 12.3. The molecule has 1 unspecified atom stereocenters. The third-order valence-corrected chi connectivity index (χ3v) is 4.09. The third kappa shape index (κ3) is 2.34. The maximum Gasteiger partial charge on any atom is 0.248 e. The summed E-state index contributed by atoms with van der Waals surface area (Å²) < 4.78 is 2.32. The van der Waals surface area contributed by atoms with Gasteiger partial charge in [-0.15, -0.1) is 0 Å². The molecular formula is C16H19N3O. The normalized spacial score (nSPS) is 18.8. The first-order valence-corrected chi connectivity index (χ1v) is 6.93. The van der Waals surface area contributed by atoms with Gasteiger partial charge in [0.05, 0.1) is 0 Å². The lowest BCUT2D eigenvalue weighted by Gasteiger charge is -2.34. The van der Waals surface area contributed by atoms with E-state index < -0.39 is 0 Å². The molecule has 1 amide bonds. The van der Waals surface area contributed by atoms with Gasteiger partial charge in [-0.2, -0.15) is 0 Å². The van der Waals surface area contributed by atoms with E-state index in [9.17, 15) is 4.79 Å². The number of benzene rings is 1. The first kappa shape index (κ1) is 12.9. The lowest BCUT2D eigenvalue weighted by molar-refractivity contribution is 0.1000. The maximum absolute atomic E-state index is 11.1. The fraction of sp³-hybridized carbons (Fsp3) is 0.312. The topological polar surface area (TPSA) is 51.3 Å². The van der Waals surface area contributed by atoms with Crippen LogP contribution in [0.5, 0.6) is 0 Å². The summed E-state index contributed by atoms with van der Waals surface area (Å²) in [6.45, 7) is 5.21. The Kier molecular flexibility index (Phi) is 3.32. The lowest BCUT2D eigenvalue weighted by Crippen LogP contribution is -2.35. The molecule has 0 bridgehead atoms. The Balaban J connectivity index is 1.74. The zero-order valence-electron chi connectivity index (χ0n) is 11.6. The summed E-state index contributed by atoms with van der Waals surface area (Å²) in [5.74, 6) is -0.374. The molecule has 0 saturated carbocycles. The molecule has 0 fully saturated rings. The Labute approximate surface area is 118 Å². The number of amides is 1. The van der Waals surface area contributed by atoms with Crippen molar-refractivity contribution in [3.8, 4) is 0 Å². The molecule has 2 N–H and O–H groups in total. The minimum atomic E-state index is -0.374. The van der Waals surface area contributed by atoms with Gasteiger partial charge in [0, 0.05) is 43.1 Å². The molecule has 1 aromatic heterocycles. The summed E-state index contributed by atoms with van der Waals surface area (Å²) >= 11 is 0. The number of aromatic nitrogens is 1. The number of nitrogens with two attached hydrogens (primary N) is 1. The van der Waals surface area contributed by atoms with Crippen LogP contribution in [0.2, 0.25) is 0 Å². The van der Waals surface area contributed by atoms with Gasteiger partial charge in [0.2, 0.25) is 5.91 Å². The molecule has 0 radical (unpaired) electrons. The lowest BCUT2D eigenvalue weighted by atomic mass is 10.1. The molecule has 3 rings (SSSR count). The summed E-state index contributed by atoms with van der Waals surface area (Å²) in [7, 11) is 0. The Morgan fingerprint density at radius 3 is 2.70 bits per heavy atom. The largest absolute Gasteiger partial charge is 0.366 e. The number of hydrogen-bond acceptors (Lipinski definition) is 2. The minimum absolute atomic E-state index is 0.374. The highest BCUT2D eigenvalue weighted by Gasteiger charge is 2.23. The SMILES string of the molecule is CC1c2cccn2CCN1Cc1ccc(C(N)=O)cc1. The van der Waals surface area contributed by atoms with E-state index in [0.29, 0.717) is 11.6 Å². The average Bonchev–Trinajstić information content (AvgIpc) is 2.92. The van der Waals surface area contributed by atoms with Crippen molar-refractivity contribution in [3.05, 3.63) is 59.4 Å². The van der Waals surface area contributed by atoms with E-state index in [0.717, 1.165) is 19.6 Å². The molecule has 104 valence electrons. The van der Waals surface area contributed by atoms with Crippen LogP contribution in [0, 0.1) is 0 Å². The molecule has 2 heterocycles. The molecule has 1 aliphatic heterocycles. The highest BCUT2D eigenvalue weighted by atomic mass is 16.1. The van der Waals surface area contributed by atoms with Crippen LogP contribution in [0.15, 0.2) is 42.6 Å². The molecule has 0 aliphatic carbocycles. The Hall–Kier alpha value is -2.07. The van der Waals surface area contributed by atoms with Gasteiger partial charge in [0.15, 0.2) is 0 Å². The summed E-state index contributed by atoms with van der Waals surface area (Å²) in [4.78, 5) is 13.5. The Morgan fingerprint density at radius 2 is 2.00 bits per heavy atom. The van der Waals surface area contributed by atoms with E-state index in [2.05, 4.69) is 34.7 Å². The maximum atomic E-state index is 11.1. The summed E-state index contributed by atoms with van der Waals surface area (Å²) in [6.07, 6.45) is 2.14. The van der Waals surface area contributed by atoms with E-state index in [1.807, 2.05) is 12.1 Å². The van der Waals surface area contributed by atoms with Gasteiger partial charge in [-0.1, -0.05) is 12.1 Å². The molecule has 0 spiro atoms. The number of nitrogens with zero attached hydrogens (tertiary/aromatic N) is 2. The molecule has 4 nitrogen and oxygen atoms in total. The van der Waals surface area contributed by atoms with Gasteiger partial charge >= 0.3 is 0 Å². The van der Waals surface area contributed by atoms with Crippen LogP contribution in [0.25, 0.3) is 0 Å². The van der Waals surface area contributed by atoms with Crippen LogP contribution in [-0.4, -0.2) is 21.9 Å². The van der Waals surface area contributed by atoms with E-state index in [1.165, 1.54) is 11.3 Å². The van der Waals surface area contributed by atoms with Crippen molar-refractivity contribution >= 4 is 5.91 Å². The highest BCUT2D eigenvalue weighted by Crippen LogP contribution is 2.26. The smallest absolute Gasteiger partial charge is 0.248 e. The first-order valence-electron chi connectivity index (χ1n) is 6.93. The van der Waals surface area contributed by atoms with Crippen molar-refractivity contribution in [2.75, 3.05) is 6.54 Å². The second-order valence-electron chi connectivity index (χ2n) is 5.33. The number of carbonyl (C=O) groups excluding carboxylic acids is 1. The number of rotatable bonds is 3. The van der Waals surface area contributed by atoms with E-state index >= 15 is 0 Å². The van der Waals surface area contributed by atoms with E-state index in [4.69, 9.17) is 5.73 Å². The van der Waals surface area contributed by atoms with Crippen LogP contribution in [0.1, 0.15) is 34.6 Å². The molecule has 2 aromatic rings. The predicted molar refractivity (Wildman–Crippen MR) is 78.2 cm³/mol. The van der Waals surface area contributed by atoms with Gasteiger partial charge in [-0.25, -0.2) is 0 Å². The van der Waals surface area contributed by atoms with Gasteiger partial charge < -0.3 is 10.3 Å². The number of fused-ring (bicyclic) bond motifs is 1. The summed E-state index contributed by atoms with van der Waals surface area (Å²) in [5, 5.41) is 0. The standard InChI is InChI=1S/C16H19N3O/c1-12-15-3-2-8-18(15)9-10-19(12)11-13-4-6-14(7-5-13)16(17)20/h2-8,12H,9-11H2,1H3,(H2,17,20). The molecular weight excluding hydrogens is 250 g/mol. The third-order valence-electron chi connectivity index (χ3n) is 4.09. The second-order valence-corrected chi connectivity index (χ2v) is 5.33. The molecule has 0 saturated heterocycles. The number of carbonyl (C=O) groups is 1. The first-order chi connectivity index (χ1) is 9.65. The fourth-order valence-electron chi connectivity index (χ4n) is 2.85. The van der Waals surface area contributed by atoms with Crippen LogP contribution in [0.4, 0.5) is 0 Å². The van der Waals surface area contributed by atoms with Crippen molar-refractivity contribution in [1.29, 1.82) is 0 Å². The minimum Gasteiger partial charge on any atom is -0.366 e. The Morgan fingerprint density at radius 1 is 1.25 bits per heavy atom. The molecule has 4 heteroatoms. The van der Waals surface area contributed by atoms with Crippen LogP contribution >= 0.6 is 0 Å². The van der Waals surface area contributed by atoms with E-state index in [-0.39, 0.29) is 5.91 Å². The zero-order chi connectivity index (χ0) is 14.1. The van der Waals surface area contributed by atoms with E-state index in [1.54, 1.807) is 12.1 Å². The molecule has 1 atom stereocenters. The quantitative estimate of drug-likeness (QED) is 0.928. The molecule has 1 aromatic carbocycles.